The Balaban J connectivity index is 1.88. The summed E-state index contributed by atoms with van der Waals surface area (Å²) in [6.07, 6.45) is 0.543. The molecule has 1 aliphatic rings. The third-order valence-electron chi connectivity index (χ3n) is 4.05. The zero-order chi connectivity index (χ0) is 20.9. The average Bonchev–Trinajstić information content (AvgIpc) is 3.08. The molecule has 2 amide bonds. The van der Waals surface area contributed by atoms with Gasteiger partial charge in [-0.3, -0.25) is 14.5 Å². The average molecular weight is 390 g/mol. The zero-order valence-electron chi connectivity index (χ0n) is 16.6. The van der Waals surface area contributed by atoms with E-state index < -0.39 is 36.2 Å². The van der Waals surface area contributed by atoms with Gasteiger partial charge in [-0.25, -0.2) is 9.59 Å². The van der Waals surface area contributed by atoms with Crippen LogP contribution in [0.3, 0.4) is 0 Å². The third-order valence-corrected chi connectivity index (χ3v) is 4.05. The summed E-state index contributed by atoms with van der Waals surface area (Å²) in [4.78, 5) is 49.3. The highest BCUT2D eigenvalue weighted by molar-refractivity contribution is 5.97. The molecule has 1 heterocycles. The number of nitrogens with zero attached hydrogens (tertiary/aromatic N) is 1. The van der Waals surface area contributed by atoms with Crippen LogP contribution in [0.15, 0.2) is 24.3 Å². The molecule has 0 bridgehead atoms. The third kappa shape index (κ3) is 6.07. The fourth-order valence-corrected chi connectivity index (χ4v) is 2.80. The number of benzene rings is 1. The van der Waals surface area contributed by atoms with Crippen molar-refractivity contribution in [2.75, 3.05) is 18.5 Å². The molecule has 0 unspecified atom stereocenters. The van der Waals surface area contributed by atoms with Gasteiger partial charge in [0.25, 0.3) is 5.91 Å². The summed E-state index contributed by atoms with van der Waals surface area (Å²) in [7, 11) is 0. The lowest BCUT2D eigenvalue weighted by atomic mass is 10.1. The molecular formula is C20H26N2O6. The van der Waals surface area contributed by atoms with E-state index in [9.17, 15) is 19.2 Å². The van der Waals surface area contributed by atoms with Gasteiger partial charge in [0.1, 0.15) is 11.6 Å². The monoisotopic (exact) mass is 390 g/mol. The van der Waals surface area contributed by atoms with Gasteiger partial charge in [0.2, 0.25) is 0 Å². The normalized spacial score (nSPS) is 16.4. The molecule has 1 aromatic rings. The zero-order valence-corrected chi connectivity index (χ0v) is 16.6. The van der Waals surface area contributed by atoms with Gasteiger partial charge in [-0.1, -0.05) is 12.1 Å². The number of Topliss-reactive ketones (excluding diaryl/α,β-unsaturated/α-hetero) is 1. The van der Waals surface area contributed by atoms with Crippen molar-refractivity contribution in [2.24, 2.45) is 0 Å². The van der Waals surface area contributed by atoms with E-state index in [-0.39, 0.29) is 5.78 Å². The molecule has 8 nitrogen and oxygen atoms in total. The van der Waals surface area contributed by atoms with Gasteiger partial charge in [0, 0.05) is 17.8 Å². The highest BCUT2D eigenvalue weighted by atomic mass is 16.6. The Morgan fingerprint density at radius 2 is 1.93 bits per heavy atom. The number of hydrogen-bond donors (Lipinski definition) is 1. The minimum Gasteiger partial charge on any atom is -0.454 e. The van der Waals surface area contributed by atoms with Crippen molar-refractivity contribution in [3.05, 3.63) is 29.8 Å². The molecule has 28 heavy (non-hydrogen) atoms. The fourth-order valence-electron chi connectivity index (χ4n) is 2.80. The summed E-state index contributed by atoms with van der Waals surface area (Å²) in [5, 5.41) is 2.57. The molecule has 1 N–H and O–H groups in total. The number of hydrogen-bond acceptors (Lipinski definition) is 6. The van der Waals surface area contributed by atoms with Crippen LogP contribution in [0.4, 0.5) is 10.5 Å². The molecule has 1 saturated heterocycles. The number of carbonyl (C=O) groups excluding carboxylic acids is 4. The Morgan fingerprint density at radius 3 is 2.57 bits per heavy atom. The lowest BCUT2D eigenvalue weighted by Crippen LogP contribution is -2.44. The highest BCUT2D eigenvalue weighted by Crippen LogP contribution is 2.22. The Morgan fingerprint density at radius 1 is 1.21 bits per heavy atom. The van der Waals surface area contributed by atoms with E-state index in [0.29, 0.717) is 30.6 Å². The number of ether oxygens (including phenoxy) is 2. The number of anilines is 1. The number of rotatable bonds is 5. The van der Waals surface area contributed by atoms with Crippen LogP contribution >= 0.6 is 0 Å². The van der Waals surface area contributed by atoms with Crippen LogP contribution in [-0.4, -0.2) is 53.4 Å². The first-order valence-corrected chi connectivity index (χ1v) is 9.14. The predicted octanol–water partition coefficient (Wildman–Crippen LogP) is 2.77. The second-order valence-corrected chi connectivity index (χ2v) is 7.62. The molecule has 0 saturated carbocycles. The molecule has 8 heteroatoms. The standard InChI is InChI=1S/C20H26N2O6/c1-13(23)14-7-5-8-15(11-14)21-17(24)12-27-18(25)16-9-6-10-22(16)19(26)28-20(2,3)4/h5,7-8,11,16H,6,9-10,12H2,1-4H3,(H,21,24)/t16-/m0/s1. The van der Waals surface area contributed by atoms with Crippen LogP contribution in [0.2, 0.25) is 0 Å². The van der Waals surface area contributed by atoms with Gasteiger partial charge in [0.15, 0.2) is 12.4 Å². The molecule has 2 rings (SSSR count). The van der Waals surface area contributed by atoms with E-state index >= 15 is 0 Å². The Labute approximate surface area is 164 Å². The van der Waals surface area contributed by atoms with E-state index in [1.807, 2.05) is 0 Å². The Bertz CT molecular complexity index is 768. The number of carbonyl (C=O) groups is 4. The van der Waals surface area contributed by atoms with E-state index in [1.165, 1.54) is 11.8 Å². The van der Waals surface area contributed by atoms with E-state index in [0.717, 1.165) is 0 Å². The SMILES string of the molecule is CC(=O)c1cccc(NC(=O)COC(=O)[C@@H]2CCCN2C(=O)OC(C)(C)C)c1. The smallest absolute Gasteiger partial charge is 0.411 e. The van der Waals surface area contributed by atoms with Crippen LogP contribution < -0.4 is 5.32 Å². The highest BCUT2D eigenvalue weighted by Gasteiger charge is 2.37. The molecule has 152 valence electrons. The number of likely N-dealkylation sites (tertiary alicyclic amines) is 1. The van der Waals surface area contributed by atoms with Gasteiger partial charge < -0.3 is 14.8 Å². The first kappa shape index (κ1) is 21.4. The second-order valence-electron chi connectivity index (χ2n) is 7.62. The van der Waals surface area contributed by atoms with E-state index in [4.69, 9.17) is 9.47 Å². The molecule has 0 aromatic heterocycles. The van der Waals surface area contributed by atoms with Gasteiger partial charge in [0.05, 0.1) is 0 Å². The van der Waals surface area contributed by atoms with Crippen LogP contribution in [0.25, 0.3) is 0 Å². The van der Waals surface area contributed by atoms with Crippen LogP contribution in [0, 0.1) is 0 Å². The summed E-state index contributed by atoms with van der Waals surface area (Å²) < 4.78 is 10.4. The summed E-state index contributed by atoms with van der Waals surface area (Å²) in [5.74, 6) is -1.29. The molecule has 1 aliphatic heterocycles. The van der Waals surface area contributed by atoms with E-state index in [2.05, 4.69) is 5.32 Å². The molecule has 1 fully saturated rings. The van der Waals surface area contributed by atoms with Crippen LogP contribution in [-0.2, 0) is 19.1 Å². The Kier molecular flexibility index (Phi) is 6.77. The fraction of sp³-hybridized carbons (Fsp3) is 0.500. The van der Waals surface area contributed by atoms with Gasteiger partial charge in [-0.15, -0.1) is 0 Å². The largest absolute Gasteiger partial charge is 0.454 e. The maximum atomic E-state index is 12.3. The molecule has 0 aliphatic carbocycles. The van der Waals surface area contributed by atoms with Gasteiger partial charge >= 0.3 is 12.1 Å². The topological polar surface area (TPSA) is 102 Å². The minimum absolute atomic E-state index is 0.119. The van der Waals surface area contributed by atoms with Crippen molar-refractivity contribution in [2.45, 2.75) is 52.2 Å². The van der Waals surface area contributed by atoms with Crippen molar-refractivity contribution < 1.29 is 28.7 Å². The van der Waals surface area contributed by atoms with Crippen molar-refractivity contribution in [3.63, 3.8) is 0 Å². The molecule has 1 aromatic carbocycles. The van der Waals surface area contributed by atoms with Crippen molar-refractivity contribution >= 4 is 29.4 Å². The van der Waals surface area contributed by atoms with Crippen molar-refractivity contribution in [3.8, 4) is 0 Å². The summed E-state index contributed by atoms with van der Waals surface area (Å²) in [6.45, 7) is 6.60. The lowest BCUT2D eigenvalue weighted by Gasteiger charge is -2.27. The number of nitrogens with one attached hydrogen (secondary N) is 1. The lowest BCUT2D eigenvalue weighted by molar-refractivity contribution is -0.151. The number of ketones is 1. The number of esters is 1. The van der Waals surface area contributed by atoms with Crippen LogP contribution in [0.5, 0.6) is 0 Å². The summed E-state index contributed by atoms with van der Waals surface area (Å²) in [6, 6.07) is 5.71. The molecule has 0 spiro atoms. The maximum absolute atomic E-state index is 12.3. The second kappa shape index (κ2) is 8.86. The number of amides is 2. The Hall–Kier alpha value is -2.90. The van der Waals surface area contributed by atoms with Crippen molar-refractivity contribution in [1.82, 2.24) is 4.90 Å². The van der Waals surface area contributed by atoms with E-state index in [1.54, 1.807) is 45.0 Å². The van der Waals surface area contributed by atoms with Crippen molar-refractivity contribution in [1.29, 1.82) is 0 Å². The minimum atomic E-state index is -0.760. The molecular weight excluding hydrogens is 364 g/mol. The maximum Gasteiger partial charge on any atom is 0.411 e. The first-order chi connectivity index (χ1) is 13.1. The van der Waals surface area contributed by atoms with Gasteiger partial charge in [-0.05, 0) is 52.7 Å². The van der Waals surface area contributed by atoms with Crippen LogP contribution in [0.1, 0.15) is 50.9 Å². The summed E-state index contributed by atoms with van der Waals surface area (Å²) >= 11 is 0. The first-order valence-electron chi connectivity index (χ1n) is 9.14. The molecule has 1 atom stereocenters. The van der Waals surface area contributed by atoms with Gasteiger partial charge in [-0.2, -0.15) is 0 Å². The molecule has 0 radical (unpaired) electrons. The predicted molar refractivity (Wildman–Crippen MR) is 102 cm³/mol. The quantitative estimate of drug-likeness (QED) is 0.613. The summed E-state index contributed by atoms with van der Waals surface area (Å²) in [5.41, 5.74) is 0.237.